The number of rotatable bonds is 3. The maximum absolute atomic E-state index is 11.9. The number of nitrogens with zero attached hydrogens (tertiary/aromatic N) is 4. The van der Waals surface area contributed by atoms with Crippen molar-refractivity contribution in [3.05, 3.63) is 18.7 Å². The van der Waals surface area contributed by atoms with Crippen LogP contribution in [0.3, 0.4) is 0 Å². The van der Waals surface area contributed by atoms with Crippen LogP contribution in [0.5, 0.6) is 0 Å². The first-order valence-corrected chi connectivity index (χ1v) is 6.36. The molecule has 1 aliphatic heterocycles. The lowest BCUT2D eigenvalue weighted by atomic mass is 10.3. The fourth-order valence-electron chi connectivity index (χ4n) is 1.98. The van der Waals surface area contributed by atoms with E-state index in [0.29, 0.717) is 39.3 Å². The van der Waals surface area contributed by atoms with Crippen molar-refractivity contribution in [2.75, 3.05) is 39.3 Å². The molecule has 0 N–H and O–H groups in total. The third-order valence-corrected chi connectivity index (χ3v) is 3.05. The van der Waals surface area contributed by atoms with Crippen molar-refractivity contribution in [2.24, 2.45) is 0 Å². The molecule has 0 bridgehead atoms. The summed E-state index contributed by atoms with van der Waals surface area (Å²) in [6.07, 6.45) is 4.44. The largest absolute Gasteiger partial charge is 0.450 e. The van der Waals surface area contributed by atoms with Gasteiger partial charge >= 0.3 is 6.09 Å². The van der Waals surface area contributed by atoms with E-state index in [4.69, 9.17) is 4.74 Å². The van der Waals surface area contributed by atoms with E-state index < -0.39 is 0 Å². The van der Waals surface area contributed by atoms with Crippen LogP contribution in [0.25, 0.3) is 0 Å². The Balaban J connectivity index is 1.77. The normalized spacial score (nSPS) is 16.4. The number of carbonyl (C=O) groups excluding carboxylic acids is 2. The summed E-state index contributed by atoms with van der Waals surface area (Å²) in [5.41, 5.74) is 0. The summed E-state index contributed by atoms with van der Waals surface area (Å²) >= 11 is 0. The van der Waals surface area contributed by atoms with Gasteiger partial charge in [0, 0.05) is 38.6 Å². The maximum Gasteiger partial charge on any atom is 0.409 e. The molecule has 0 aliphatic carbocycles. The molecule has 7 nitrogen and oxygen atoms in total. The van der Waals surface area contributed by atoms with E-state index in [1.807, 2.05) is 4.90 Å². The molecule has 2 heterocycles. The second-order valence-corrected chi connectivity index (χ2v) is 4.33. The molecule has 0 atom stereocenters. The third-order valence-electron chi connectivity index (χ3n) is 3.05. The van der Waals surface area contributed by atoms with Gasteiger partial charge < -0.3 is 9.64 Å². The van der Waals surface area contributed by atoms with Gasteiger partial charge in [-0.1, -0.05) is 0 Å². The van der Waals surface area contributed by atoms with Gasteiger partial charge in [-0.25, -0.2) is 9.78 Å². The van der Waals surface area contributed by atoms with Crippen molar-refractivity contribution < 1.29 is 14.3 Å². The van der Waals surface area contributed by atoms with Gasteiger partial charge in [-0.05, 0) is 6.92 Å². The van der Waals surface area contributed by atoms with Gasteiger partial charge in [-0.3, -0.25) is 14.3 Å². The lowest BCUT2D eigenvalue weighted by molar-refractivity contribution is 0.0692. The number of carbonyl (C=O) groups is 2. The zero-order valence-electron chi connectivity index (χ0n) is 11.0. The smallest absolute Gasteiger partial charge is 0.409 e. The summed E-state index contributed by atoms with van der Waals surface area (Å²) in [7, 11) is 0. The van der Waals surface area contributed by atoms with Crippen molar-refractivity contribution in [2.45, 2.75) is 6.92 Å². The monoisotopic (exact) mass is 266 g/mol. The Bertz CT molecular complexity index is 424. The molecule has 0 unspecified atom stereocenters. The Morgan fingerprint density at radius 2 is 2.00 bits per heavy atom. The minimum Gasteiger partial charge on any atom is -0.450 e. The SMILES string of the molecule is CCOC(=O)N1CCN(CC(=O)n2ccnc2)CC1. The van der Waals surface area contributed by atoms with Crippen LogP contribution in [0.4, 0.5) is 4.79 Å². The van der Waals surface area contributed by atoms with Gasteiger partial charge in [0.15, 0.2) is 0 Å². The van der Waals surface area contributed by atoms with E-state index in [1.54, 1.807) is 24.2 Å². The van der Waals surface area contributed by atoms with E-state index >= 15 is 0 Å². The summed E-state index contributed by atoms with van der Waals surface area (Å²) in [4.78, 5) is 30.9. The summed E-state index contributed by atoms with van der Waals surface area (Å²) in [6, 6.07) is 0. The zero-order valence-corrected chi connectivity index (χ0v) is 11.0. The number of imidazole rings is 1. The van der Waals surface area contributed by atoms with Crippen molar-refractivity contribution in [3.8, 4) is 0 Å². The predicted octanol–water partition coefficient (Wildman–Crippen LogP) is 0.297. The number of amides is 1. The summed E-state index contributed by atoms with van der Waals surface area (Å²) < 4.78 is 6.42. The second-order valence-electron chi connectivity index (χ2n) is 4.33. The van der Waals surface area contributed by atoms with E-state index in [0.717, 1.165) is 0 Å². The van der Waals surface area contributed by atoms with E-state index in [1.165, 1.54) is 10.9 Å². The number of aromatic nitrogens is 2. The minimum atomic E-state index is -0.275. The van der Waals surface area contributed by atoms with Crippen molar-refractivity contribution in [1.82, 2.24) is 19.4 Å². The molecule has 0 saturated carbocycles. The van der Waals surface area contributed by atoms with Gasteiger partial charge in [0.25, 0.3) is 0 Å². The van der Waals surface area contributed by atoms with Gasteiger partial charge in [-0.15, -0.1) is 0 Å². The van der Waals surface area contributed by atoms with Crippen molar-refractivity contribution >= 4 is 12.0 Å². The summed E-state index contributed by atoms with van der Waals surface area (Å²) in [5, 5.41) is 0. The summed E-state index contributed by atoms with van der Waals surface area (Å²) in [5.74, 6) is -0.0120. The molecule has 1 aliphatic rings. The molecule has 0 aromatic carbocycles. The molecule has 2 rings (SSSR count). The van der Waals surface area contributed by atoms with Crippen LogP contribution < -0.4 is 0 Å². The van der Waals surface area contributed by atoms with E-state index in [-0.39, 0.29) is 12.0 Å². The van der Waals surface area contributed by atoms with Crippen LogP contribution in [0.1, 0.15) is 11.7 Å². The zero-order chi connectivity index (χ0) is 13.7. The van der Waals surface area contributed by atoms with Gasteiger partial charge in [0.05, 0.1) is 13.2 Å². The lowest BCUT2D eigenvalue weighted by Gasteiger charge is -2.33. The van der Waals surface area contributed by atoms with Crippen LogP contribution in [-0.4, -0.2) is 70.7 Å². The molecule has 1 aromatic heterocycles. The predicted molar refractivity (Wildman–Crippen MR) is 67.9 cm³/mol. The minimum absolute atomic E-state index is 0.0120. The highest BCUT2D eigenvalue weighted by molar-refractivity contribution is 5.80. The average Bonchev–Trinajstić information content (AvgIpc) is 2.94. The first kappa shape index (κ1) is 13.5. The second kappa shape index (κ2) is 6.33. The molecular weight excluding hydrogens is 248 g/mol. The standard InChI is InChI=1S/C12H18N4O3/c1-2-19-12(18)15-7-5-14(6-8-15)9-11(17)16-4-3-13-10-16/h3-4,10H,2,5-9H2,1H3. The molecule has 0 spiro atoms. The van der Waals surface area contributed by atoms with Crippen LogP contribution >= 0.6 is 0 Å². The molecule has 104 valence electrons. The topological polar surface area (TPSA) is 67.7 Å². The molecule has 1 fully saturated rings. The Labute approximate surface area is 111 Å². The first-order valence-electron chi connectivity index (χ1n) is 6.36. The summed E-state index contributed by atoms with van der Waals surface area (Å²) in [6.45, 7) is 5.06. The van der Waals surface area contributed by atoms with Crippen LogP contribution in [0.15, 0.2) is 18.7 Å². The fourth-order valence-corrected chi connectivity index (χ4v) is 1.98. The quantitative estimate of drug-likeness (QED) is 0.787. The molecule has 1 saturated heterocycles. The molecular formula is C12H18N4O3. The maximum atomic E-state index is 11.9. The van der Waals surface area contributed by atoms with Crippen LogP contribution in [-0.2, 0) is 4.74 Å². The highest BCUT2D eigenvalue weighted by Gasteiger charge is 2.23. The highest BCUT2D eigenvalue weighted by atomic mass is 16.6. The van der Waals surface area contributed by atoms with Crippen molar-refractivity contribution in [1.29, 1.82) is 0 Å². The van der Waals surface area contributed by atoms with Gasteiger partial charge in [0.1, 0.15) is 6.33 Å². The Morgan fingerprint density at radius 1 is 1.26 bits per heavy atom. The number of hydrogen-bond acceptors (Lipinski definition) is 5. The molecule has 1 amide bonds. The molecule has 1 aromatic rings. The van der Waals surface area contributed by atoms with Crippen molar-refractivity contribution in [3.63, 3.8) is 0 Å². The Hall–Kier alpha value is -1.89. The first-order chi connectivity index (χ1) is 9.20. The Morgan fingerprint density at radius 3 is 2.58 bits per heavy atom. The fraction of sp³-hybridized carbons (Fsp3) is 0.583. The number of hydrogen-bond donors (Lipinski definition) is 0. The van der Waals surface area contributed by atoms with Crippen LogP contribution in [0, 0.1) is 0 Å². The molecule has 19 heavy (non-hydrogen) atoms. The Kier molecular flexibility index (Phi) is 4.51. The van der Waals surface area contributed by atoms with Crippen LogP contribution in [0.2, 0.25) is 0 Å². The van der Waals surface area contributed by atoms with Gasteiger partial charge in [-0.2, -0.15) is 0 Å². The third kappa shape index (κ3) is 3.54. The number of ether oxygens (including phenoxy) is 1. The highest BCUT2D eigenvalue weighted by Crippen LogP contribution is 2.04. The lowest BCUT2D eigenvalue weighted by Crippen LogP contribution is -2.50. The average molecular weight is 266 g/mol. The van der Waals surface area contributed by atoms with E-state index in [2.05, 4.69) is 4.98 Å². The van der Waals surface area contributed by atoms with E-state index in [9.17, 15) is 9.59 Å². The molecule has 0 radical (unpaired) electrons. The van der Waals surface area contributed by atoms with Gasteiger partial charge in [0.2, 0.25) is 5.91 Å². The number of piperazine rings is 1. The molecule has 7 heteroatoms.